The molecule has 4 N–H and O–H groups in total. The molecule has 2 rings (SSSR count). The first-order valence-electron chi connectivity index (χ1n) is 6.88. The molecule has 2 amide bonds. The summed E-state index contributed by atoms with van der Waals surface area (Å²) in [5.74, 6) is -0.285. The van der Waals surface area contributed by atoms with Crippen LogP contribution in [0.2, 0.25) is 0 Å². The average Bonchev–Trinajstić information content (AvgIpc) is 2.31. The molecule has 5 nitrogen and oxygen atoms in total. The summed E-state index contributed by atoms with van der Waals surface area (Å²) < 4.78 is 0. The highest BCUT2D eigenvalue weighted by Crippen LogP contribution is 2.31. The van der Waals surface area contributed by atoms with Crippen LogP contribution in [0.4, 0.5) is 0 Å². The Hall–Kier alpha value is -0.810. The van der Waals surface area contributed by atoms with Gasteiger partial charge < -0.3 is 16.4 Å². The van der Waals surface area contributed by atoms with Crippen LogP contribution >= 0.6 is 12.4 Å². The Morgan fingerprint density at radius 2 is 2.11 bits per heavy atom. The molecule has 1 heterocycles. The highest BCUT2D eigenvalue weighted by Gasteiger charge is 2.39. The van der Waals surface area contributed by atoms with Crippen molar-refractivity contribution in [3.63, 3.8) is 0 Å². The van der Waals surface area contributed by atoms with Crippen molar-refractivity contribution in [2.24, 2.45) is 11.7 Å². The highest BCUT2D eigenvalue weighted by molar-refractivity contribution is 5.89. The second-order valence-electron chi connectivity index (χ2n) is 5.80. The van der Waals surface area contributed by atoms with Crippen LogP contribution in [-0.4, -0.2) is 29.9 Å². The average molecular weight is 290 g/mol. The third-order valence-electron chi connectivity index (χ3n) is 4.17. The maximum Gasteiger partial charge on any atom is 0.242 e. The summed E-state index contributed by atoms with van der Waals surface area (Å²) in [4.78, 5) is 23.9. The van der Waals surface area contributed by atoms with Gasteiger partial charge in [0.1, 0.15) is 6.04 Å². The van der Waals surface area contributed by atoms with Crippen LogP contribution in [0.1, 0.15) is 45.4 Å². The van der Waals surface area contributed by atoms with Gasteiger partial charge >= 0.3 is 0 Å². The molecule has 1 saturated carbocycles. The van der Waals surface area contributed by atoms with Gasteiger partial charge in [0.15, 0.2) is 0 Å². The third-order valence-corrected chi connectivity index (χ3v) is 4.17. The molecular formula is C13H24ClN3O2. The molecule has 3 unspecified atom stereocenters. The Labute approximate surface area is 120 Å². The van der Waals surface area contributed by atoms with Crippen LogP contribution in [0.3, 0.4) is 0 Å². The first-order valence-corrected chi connectivity index (χ1v) is 6.88. The van der Waals surface area contributed by atoms with E-state index < -0.39 is 5.54 Å². The molecule has 0 aromatic heterocycles. The normalized spacial score (nSPS) is 34.9. The number of carbonyl (C=O) groups excluding carboxylic acids is 2. The van der Waals surface area contributed by atoms with Gasteiger partial charge in [0, 0.05) is 12.1 Å². The van der Waals surface area contributed by atoms with Crippen LogP contribution in [-0.2, 0) is 9.59 Å². The first-order chi connectivity index (χ1) is 8.50. The van der Waals surface area contributed by atoms with E-state index in [-0.39, 0.29) is 36.2 Å². The molecule has 1 aliphatic carbocycles. The monoisotopic (exact) mass is 289 g/mol. The van der Waals surface area contributed by atoms with E-state index in [4.69, 9.17) is 5.73 Å². The maximum absolute atomic E-state index is 12.3. The second kappa shape index (κ2) is 6.57. The van der Waals surface area contributed by atoms with E-state index in [0.717, 1.165) is 38.5 Å². The summed E-state index contributed by atoms with van der Waals surface area (Å²) in [5, 5.41) is 5.64. The zero-order valence-electron chi connectivity index (χ0n) is 11.4. The molecule has 1 aliphatic heterocycles. The number of rotatable bonds is 2. The molecule has 0 bridgehead atoms. The number of nitrogens with two attached hydrogens (primary N) is 1. The van der Waals surface area contributed by atoms with Gasteiger partial charge in [-0.1, -0.05) is 12.8 Å². The second-order valence-corrected chi connectivity index (χ2v) is 5.80. The lowest BCUT2D eigenvalue weighted by Gasteiger charge is -2.38. The number of halogens is 1. The molecule has 3 atom stereocenters. The quantitative estimate of drug-likeness (QED) is 0.700. The van der Waals surface area contributed by atoms with Gasteiger partial charge in [-0.3, -0.25) is 9.59 Å². The fourth-order valence-corrected chi connectivity index (χ4v) is 2.97. The summed E-state index contributed by atoms with van der Waals surface area (Å²) in [7, 11) is 0. The van der Waals surface area contributed by atoms with E-state index in [0.29, 0.717) is 6.54 Å². The van der Waals surface area contributed by atoms with Gasteiger partial charge in [-0.2, -0.15) is 0 Å². The largest absolute Gasteiger partial charge is 0.354 e. The van der Waals surface area contributed by atoms with Crippen molar-refractivity contribution in [3.8, 4) is 0 Å². The molecular weight excluding hydrogens is 266 g/mol. The van der Waals surface area contributed by atoms with E-state index in [2.05, 4.69) is 10.6 Å². The van der Waals surface area contributed by atoms with Gasteiger partial charge in [0.05, 0.1) is 5.92 Å². The highest BCUT2D eigenvalue weighted by atomic mass is 35.5. The van der Waals surface area contributed by atoms with E-state index in [1.54, 1.807) is 0 Å². The molecule has 19 heavy (non-hydrogen) atoms. The topological polar surface area (TPSA) is 84.2 Å². The Kier molecular flexibility index (Phi) is 5.62. The van der Waals surface area contributed by atoms with E-state index in [9.17, 15) is 9.59 Å². The molecule has 0 aromatic carbocycles. The molecule has 6 heteroatoms. The van der Waals surface area contributed by atoms with Crippen molar-refractivity contribution in [1.82, 2.24) is 10.6 Å². The number of carbonyl (C=O) groups is 2. The number of hydrogen-bond donors (Lipinski definition) is 3. The zero-order chi connectivity index (χ0) is 13.2. The van der Waals surface area contributed by atoms with E-state index in [1.807, 2.05) is 6.92 Å². The molecule has 0 aromatic rings. The molecule has 110 valence electrons. The Balaban J connectivity index is 0.00000180. The van der Waals surface area contributed by atoms with Crippen molar-refractivity contribution in [1.29, 1.82) is 0 Å². The SMILES string of the molecule is CC1(N)CCCCC1C(=O)NC1CCCNC1=O.Cl. The lowest BCUT2D eigenvalue weighted by molar-refractivity contribution is -0.134. The smallest absolute Gasteiger partial charge is 0.242 e. The lowest BCUT2D eigenvalue weighted by atomic mass is 9.74. The molecule has 2 fully saturated rings. The third kappa shape index (κ3) is 3.83. The Morgan fingerprint density at radius 3 is 2.74 bits per heavy atom. The standard InChI is InChI=1S/C13H23N3O2.ClH/c1-13(14)7-3-2-5-9(13)11(17)16-10-6-4-8-15-12(10)18;/h9-10H,2-8,14H2,1H3,(H,15,18)(H,16,17);1H. The fourth-order valence-electron chi connectivity index (χ4n) is 2.97. The fraction of sp³-hybridized carbons (Fsp3) is 0.846. The van der Waals surface area contributed by atoms with Gasteiger partial charge in [0.2, 0.25) is 11.8 Å². The molecule has 0 radical (unpaired) electrons. The number of hydrogen-bond acceptors (Lipinski definition) is 3. The van der Waals surface area contributed by atoms with Crippen LogP contribution < -0.4 is 16.4 Å². The lowest BCUT2D eigenvalue weighted by Crippen LogP contribution is -2.57. The van der Waals surface area contributed by atoms with Crippen LogP contribution in [0.5, 0.6) is 0 Å². The summed E-state index contributed by atoms with van der Waals surface area (Å²) in [5.41, 5.74) is 5.76. The summed E-state index contributed by atoms with van der Waals surface area (Å²) in [6, 6.07) is -0.371. The van der Waals surface area contributed by atoms with Crippen molar-refractivity contribution >= 4 is 24.2 Å². The van der Waals surface area contributed by atoms with Gasteiger partial charge in [-0.05, 0) is 32.6 Å². The van der Waals surface area contributed by atoms with Crippen molar-refractivity contribution < 1.29 is 9.59 Å². The van der Waals surface area contributed by atoms with Crippen molar-refractivity contribution in [2.75, 3.05) is 6.54 Å². The maximum atomic E-state index is 12.3. The minimum atomic E-state index is -0.437. The Morgan fingerprint density at radius 1 is 1.37 bits per heavy atom. The predicted octanol–water partition coefficient (Wildman–Crippen LogP) is 0.711. The summed E-state index contributed by atoms with van der Waals surface area (Å²) in [6.45, 7) is 2.65. The summed E-state index contributed by atoms with van der Waals surface area (Å²) in [6.07, 6.45) is 5.48. The van der Waals surface area contributed by atoms with Crippen molar-refractivity contribution in [3.05, 3.63) is 0 Å². The van der Waals surface area contributed by atoms with Crippen LogP contribution in [0.25, 0.3) is 0 Å². The van der Waals surface area contributed by atoms with Gasteiger partial charge in [0.25, 0.3) is 0 Å². The number of amides is 2. The zero-order valence-corrected chi connectivity index (χ0v) is 12.2. The van der Waals surface area contributed by atoms with Gasteiger partial charge in [-0.15, -0.1) is 12.4 Å². The van der Waals surface area contributed by atoms with Gasteiger partial charge in [-0.25, -0.2) is 0 Å². The molecule has 2 aliphatic rings. The first kappa shape index (κ1) is 16.2. The predicted molar refractivity (Wildman–Crippen MR) is 76.0 cm³/mol. The Bertz CT molecular complexity index is 347. The number of nitrogens with one attached hydrogen (secondary N) is 2. The minimum Gasteiger partial charge on any atom is -0.354 e. The number of piperidine rings is 1. The molecule has 0 spiro atoms. The van der Waals surface area contributed by atoms with Crippen LogP contribution in [0.15, 0.2) is 0 Å². The summed E-state index contributed by atoms with van der Waals surface area (Å²) >= 11 is 0. The van der Waals surface area contributed by atoms with E-state index in [1.165, 1.54) is 0 Å². The van der Waals surface area contributed by atoms with Crippen molar-refractivity contribution in [2.45, 2.75) is 57.0 Å². The minimum absolute atomic E-state index is 0. The van der Waals surface area contributed by atoms with Crippen LogP contribution in [0, 0.1) is 5.92 Å². The molecule has 1 saturated heterocycles. The van der Waals surface area contributed by atoms with E-state index >= 15 is 0 Å².